The Morgan fingerprint density at radius 2 is 1.45 bits per heavy atom. The van der Waals surface area contributed by atoms with Gasteiger partial charge in [0.1, 0.15) is 0 Å². The smallest absolute Gasteiger partial charge is 0.303 e. The first-order valence-corrected chi connectivity index (χ1v) is 7.99. The van der Waals surface area contributed by atoms with Crippen molar-refractivity contribution in [1.82, 2.24) is 0 Å². The van der Waals surface area contributed by atoms with Gasteiger partial charge >= 0.3 is 5.97 Å². The quantitative estimate of drug-likeness (QED) is 0.268. The molecule has 1 N–H and O–H groups in total. The molecule has 0 saturated carbocycles. The van der Waals surface area contributed by atoms with Gasteiger partial charge in [0.15, 0.2) is 0 Å². The Morgan fingerprint density at radius 1 is 0.900 bits per heavy atom. The van der Waals surface area contributed by atoms with Crippen LogP contribution >= 0.6 is 0 Å². The van der Waals surface area contributed by atoms with Crippen LogP contribution < -0.4 is 0 Å². The summed E-state index contributed by atoms with van der Waals surface area (Å²) in [7, 11) is 0. The number of carboxylic acids is 1. The molecule has 0 amide bonds. The van der Waals surface area contributed by atoms with Gasteiger partial charge in [0.2, 0.25) is 0 Å². The Morgan fingerprint density at radius 3 is 2.05 bits per heavy atom. The second-order valence-corrected chi connectivity index (χ2v) is 5.13. The topological polar surface area (TPSA) is 37.3 Å². The molecule has 0 rings (SSSR count). The standard InChI is InChI=1S/C18H30O2/c1-2-3-4-5-6-7-8-9-10-11-12-13-14-15-16-17-18(19)20/h2-3,12,14H,4-11,15-17H2,1H3,(H,19,20). The van der Waals surface area contributed by atoms with E-state index in [1.54, 1.807) is 0 Å². The molecule has 20 heavy (non-hydrogen) atoms. The minimum Gasteiger partial charge on any atom is -0.481 e. The summed E-state index contributed by atoms with van der Waals surface area (Å²) in [6, 6.07) is 0. The molecule has 114 valence electrons. The molecule has 0 aliphatic rings. The molecule has 2 heteroatoms. The van der Waals surface area contributed by atoms with Crippen LogP contribution in [-0.2, 0) is 4.79 Å². The van der Waals surface area contributed by atoms with Crippen LogP contribution in [0.2, 0.25) is 0 Å². The first kappa shape index (κ1) is 18.7. The fourth-order valence-electron chi connectivity index (χ4n) is 1.99. The van der Waals surface area contributed by atoms with E-state index in [1.807, 2.05) is 6.08 Å². The average Bonchev–Trinajstić information content (AvgIpc) is 2.43. The van der Waals surface area contributed by atoms with Crippen molar-refractivity contribution in [3.8, 4) is 0 Å². The van der Waals surface area contributed by atoms with Gasteiger partial charge in [-0.1, -0.05) is 37.8 Å². The molecule has 0 aromatic rings. The Kier molecular flexibility index (Phi) is 14.8. The van der Waals surface area contributed by atoms with E-state index in [0.29, 0.717) is 6.42 Å². The van der Waals surface area contributed by atoms with Crippen LogP contribution in [0.15, 0.2) is 30.0 Å². The van der Waals surface area contributed by atoms with Crippen LogP contribution in [0.5, 0.6) is 0 Å². The highest BCUT2D eigenvalue weighted by Gasteiger charge is 1.92. The highest BCUT2D eigenvalue weighted by molar-refractivity contribution is 5.66. The van der Waals surface area contributed by atoms with E-state index < -0.39 is 5.97 Å². The summed E-state index contributed by atoms with van der Waals surface area (Å²) in [5.74, 6) is -0.715. The lowest BCUT2D eigenvalue weighted by Gasteiger charge is -1.98. The fourth-order valence-corrected chi connectivity index (χ4v) is 1.99. The first-order chi connectivity index (χ1) is 9.77. The van der Waals surface area contributed by atoms with E-state index in [4.69, 9.17) is 5.11 Å². The third-order valence-corrected chi connectivity index (χ3v) is 3.18. The van der Waals surface area contributed by atoms with Gasteiger partial charge in [-0.2, -0.15) is 0 Å². The van der Waals surface area contributed by atoms with E-state index in [1.165, 1.54) is 44.9 Å². The predicted octanol–water partition coefficient (Wildman–Crippen LogP) is 5.65. The number of unbranched alkanes of at least 4 members (excludes halogenated alkanes) is 8. The summed E-state index contributed by atoms with van der Waals surface area (Å²) in [6.45, 7) is 2.08. The van der Waals surface area contributed by atoms with Crippen LogP contribution in [0.25, 0.3) is 0 Å². The molecular weight excluding hydrogens is 248 g/mol. The van der Waals surface area contributed by atoms with Crippen molar-refractivity contribution >= 4 is 5.97 Å². The van der Waals surface area contributed by atoms with E-state index >= 15 is 0 Å². The van der Waals surface area contributed by atoms with Crippen molar-refractivity contribution in [2.45, 2.75) is 77.6 Å². The van der Waals surface area contributed by atoms with Gasteiger partial charge in [-0.25, -0.2) is 0 Å². The second-order valence-electron chi connectivity index (χ2n) is 5.13. The largest absolute Gasteiger partial charge is 0.481 e. The van der Waals surface area contributed by atoms with Crippen molar-refractivity contribution in [3.05, 3.63) is 30.0 Å². The third-order valence-electron chi connectivity index (χ3n) is 3.18. The molecule has 0 aliphatic heterocycles. The van der Waals surface area contributed by atoms with Crippen molar-refractivity contribution in [2.24, 2.45) is 0 Å². The van der Waals surface area contributed by atoms with Crippen molar-refractivity contribution < 1.29 is 9.90 Å². The summed E-state index contributed by atoms with van der Waals surface area (Å²) in [5, 5.41) is 8.47. The Bertz CT molecular complexity index is 309. The van der Waals surface area contributed by atoms with Gasteiger partial charge in [-0.05, 0) is 57.6 Å². The molecule has 0 aromatic carbocycles. The molecule has 0 heterocycles. The molecule has 0 aromatic heterocycles. The zero-order chi connectivity index (χ0) is 14.9. The van der Waals surface area contributed by atoms with Crippen LogP contribution in [0.3, 0.4) is 0 Å². The lowest BCUT2D eigenvalue weighted by Crippen LogP contribution is -1.92. The number of hydrogen-bond donors (Lipinski definition) is 1. The summed E-state index contributed by atoms with van der Waals surface area (Å²) in [5.41, 5.74) is 3.13. The SMILES string of the molecule is CC=CCCCCCCCCC=C=CCCCC(=O)O. The number of carboxylic acid groups (broad SMARTS) is 1. The number of rotatable bonds is 13. The third kappa shape index (κ3) is 16.7. The average molecular weight is 278 g/mol. The molecule has 2 nitrogen and oxygen atoms in total. The van der Waals surface area contributed by atoms with Gasteiger partial charge in [0.25, 0.3) is 0 Å². The first-order valence-electron chi connectivity index (χ1n) is 7.99. The summed E-state index contributed by atoms with van der Waals surface area (Å²) in [6.07, 6.45) is 20.4. The maximum absolute atomic E-state index is 10.3. The molecule has 0 radical (unpaired) electrons. The Balaban J connectivity index is 3.22. The Hall–Kier alpha value is -1.27. The van der Waals surface area contributed by atoms with Crippen LogP contribution in [0.4, 0.5) is 0 Å². The highest BCUT2D eigenvalue weighted by atomic mass is 16.4. The second kappa shape index (κ2) is 15.8. The van der Waals surface area contributed by atoms with Gasteiger partial charge in [-0.15, -0.1) is 5.73 Å². The molecule has 0 fully saturated rings. The highest BCUT2D eigenvalue weighted by Crippen LogP contribution is 2.09. The van der Waals surface area contributed by atoms with Gasteiger partial charge < -0.3 is 5.11 Å². The maximum atomic E-state index is 10.3. The molecule has 0 saturated heterocycles. The lowest BCUT2D eigenvalue weighted by atomic mass is 10.1. The number of aliphatic carboxylic acids is 1. The minimum atomic E-state index is -0.715. The van der Waals surface area contributed by atoms with E-state index in [2.05, 4.69) is 30.9 Å². The Labute approximate surface area is 124 Å². The molecule has 0 unspecified atom stereocenters. The lowest BCUT2D eigenvalue weighted by molar-refractivity contribution is -0.137. The molecule has 0 bridgehead atoms. The summed E-state index contributed by atoms with van der Waals surface area (Å²) < 4.78 is 0. The zero-order valence-corrected chi connectivity index (χ0v) is 12.9. The molecule has 0 aliphatic carbocycles. The summed E-state index contributed by atoms with van der Waals surface area (Å²) >= 11 is 0. The fraction of sp³-hybridized carbons (Fsp3) is 0.667. The number of hydrogen-bond acceptors (Lipinski definition) is 1. The maximum Gasteiger partial charge on any atom is 0.303 e. The normalized spacial score (nSPS) is 10.4. The van der Waals surface area contributed by atoms with Crippen LogP contribution in [-0.4, -0.2) is 11.1 Å². The molecule has 0 spiro atoms. The zero-order valence-electron chi connectivity index (χ0n) is 12.9. The monoisotopic (exact) mass is 278 g/mol. The van der Waals surface area contributed by atoms with Crippen molar-refractivity contribution in [1.29, 1.82) is 0 Å². The predicted molar refractivity (Wildman–Crippen MR) is 85.9 cm³/mol. The van der Waals surface area contributed by atoms with Gasteiger partial charge in [-0.3, -0.25) is 4.79 Å². The van der Waals surface area contributed by atoms with E-state index in [9.17, 15) is 4.79 Å². The van der Waals surface area contributed by atoms with E-state index in [-0.39, 0.29) is 6.42 Å². The minimum absolute atomic E-state index is 0.256. The number of allylic oxidation sites excluding steroid dienone is 3. The van der Waals surface area contributed by atoms with Crippen molar-refractivity contribution in [3.63, 3.8) is 0 Å². The number of carbonyl (C=O) groups is 1. The molecular formula is C18H30O2. The van der Waals surface area contributed by atoms with E-state index in [0.717, 1.165) is 12.8 Å². The summed E-state index contributed by atoms with van der Waals surface area (Å²) in [4.78, 5) is 10.3. The van der Waals surface area contributed by atoms with Crippen LogP contribution in [0.1, 0.15) is 77.6 Å². The molecule has 0 atom stereocenters. The van der Waals surface area contributed by atoms with Gasteiger partial charge in [0, 0.05) is 6.42 Å². The van der Waals surface area contributed by atoms with Gasteiger partial charge in [0.05, 0.1) is 0 Å². The van der Waals surface area contributed by atoms with Crippen LogP contribution in [0, 0.1) is 0 Å². The van der Waals surface area contributed by atoms with Crippen molar-refractivity contribution in [2.75, 3.05) is 0 Å².